The molecule has 7 nitrogen and oxygen atoms in total. The Balaban J connectivity index is 1.10. The van der Waals surface area contributed by atoms with Crippen LogP contribution in [0.5, 0.6) is 5.75 Å². The number of nitrogens with zero attached hydrogens (tertiary/aromatic N) is 4. The standard InChI is InChI=1S/C28H35FN4O3/c1-2-19-14-30-28(31-15-19)32-11-9-20(10-12-32)18-36-26-8-7-23(13-25(26)29)21-3-5-22(6-4-21)27(35)33-16-24(34)17-33/h3,7-8,13-15,20,22,24,34H,2,4-6,9-12,16-18H2,1H3. The first-order valence-electron chi connectivity index (χ1n) is 13.1. The number of piperidine rings is 1. The summed E-state index contributed by atoms with van der Waals surface area (Å²) in [5, 5.41) is 9.43. The molecule has 1 aliphatic carbocycles. The van der Waals surface area contributed by atoms with Crippen molar-refractivity contribution in [1.29, 1.82) is 0 Å². The van der Waals surface area contributed by atoms with Crippen LogP contribution in [0.3, 0.4) is 0 Å². The molecule has 0 saturated carbocycles. The Morgan fingerprint density at radius 3 is 2.53 bits per heavy atom. The molecule has 36 heavy (non-hydrogen) atoms. The number of hydrogen-bond acceptors (Lipinski definition) is 6. The molecule has 2 saturated heterocycles. The Morgan fingerprint density at radius 2 is 1.92 bits per heavy atom. The minimum Gasteiger partial charge on any atom is -0.490 e. The number of β-amino-alcohol motifs (C(OH)–C–C–N with tert-alkyl or cyclic N) is 1. The third-order valence-corrected chi connectivity index (χ3v) is 7.71. The molecule has 1 aromatic carbocycles. The first kappa shape index (κ1) is 24.7. The van der Waals surface area contributed by atoms with E-state index in [0.717, 1.165) is 67.8 Å². The number of carbonyl (C=O) groups is 1. The molecule has 1 amide bonds. The van der Waals surface area contributed by atoms with Gasteiger partial charge in [-0.15, -0.1) is 0 Å². The molecule has 5 rings (SSSR count). The van der Waals surface area contributed by atoms with E-state index in [9.17, 15) is 14.3 Å². The van der Waals surface area contributed by atoms with Gasteiger partial charge in [0, 0.05) is 44.5 Å². The fourth-order valence-electron chi connectivity index (χ4n) is 5.23. The highest BCUT2D eigenvalue weighted by Crippen LogP contribution is 2.34. The van der Waals surface area contributed by atoms with Crippen LogP contribution >= 0.6 is 0 Å². The van der Waals surface area contributed by atoms with Gasteiger partial charge in [0.1, 0.15) is 0 Å². The van der Waals surface area contributed by atoms with Crippen molar-refractivity contribution in [2.45, 2.75) is 51.6 Å². The van der Waals surface area contributed by atoms with Gasteiger partial charge in [0.05, 0.1) is 12.7 Å². The number of aliphatic hydroxyl groups excluding tert-OH is 1. The van der Waals surface area contributed by atoms with Crippen molar-refractivity contribution in [1.82, 2.24) is 14.9 Å². The third kappa shape index (κ3) is 5.53. The smallest absolute Gasteiger partial charge is 0.226 e. The fourth-order valence-corrected chi connectivity index (χ4v) is 5.23. The summed E-state index contributed by atoms with van der Waals surface area (Å²) in [6.45, 7) is 5.22. The maximum absolute atomic E-state index is 14.8. The summed E-state index contributed by atoms with van der Waals surface area (Å²) in [6, 6.07) is 5.19. The van der Waals surface area contributed by atoms with Crippen molar-refractivity contribution < 1.29 is 19.0 Å². The minimum absolute atomic E-state index is 0.0395. The lowest BCUT2D eigenvalue weighted by atomic mass is 9.85. The van der Waals surface area contributed by atoms with E-state index in [-0.39, 0.29) is 23.7 Å². The van der Waals surface area contributed by atoms with E-state index in [1.807, 2.05) is 18.5 Å². The highest BCUT2D eigenvalue weighted by molar-refractivity contribution is 5.81. The maximum Gasteiger partial charge on any atom is 0.226 e. The van der Waals surface area contributed by atoms with Gasteiger partial charge in [-0.05, 0) is 73.3 Å². The first-order valence-corrected chi connectivity index (χ1v) is 13.1. The number of benzene rings is 1. The summed E-state index contributed by atoms with van der Waals surface area (Å²) in [6.07, 6.45) is 10.5. The summed E-state index contributed by atoms with van der Waals surface area (Å²) in [5.74, 6) is 1.18. The molecule has 0 radical (unpaired) electrons. The summed E-state index contributed by atoms with van der Waals surface area (Å²) in [4.78, 5) is 25.4. The molecule has 1 atom stereocenters. The summed E-state index contributed by atoms with van der Waals surface area (Å²) in [5.41, 5.74) is 3.07. The first-order chi connectivity index (χ1) is 17.5. The van der Waals surface area contributed by atoms with E-state index < -0.39 is 0 Å². The number of hydrogen-bond donors (Lipinski definition) is 1. The number of aryl methyl sites for hydroxylation is 1. The van der Waals surface area contributed by atoms with Gasteiger partial charge in [0.25, 0.3) is 0 Å². The van der Waals surface area contributed by atoms with E-state index in [0.29, 0.717) is 37.8 Å². The maximum atomic E-state index is 14.8. The molecule has 3 heterocycles. The van der Waals surface area contributed by atoms with E-state index in [2.05, 4.69) is 27.9 Å². The second-order valence-electron chi connectivity index (χ2n) is 10.2. The van der Waals surface area contributed by atoms with Crippen molar-refractivity contribution in [3.63, 3.8) is 0 Å². The van der Waals surface area contributed by atoms with E-state index in [4.69, 9.17) is 4.74 Å². The number of amides is 1. The van der Waals surface area contributed by atoms with Crippen LogP contribution in [0.1, 0.15) is 50.2 Å². The number of rotatable bonds is 7. The largest absolute Gasteiger partial charge is 0.490 e. The van der Waals surface area contributed by atoms with Gasteiger partial charge in [-0.25, -0.2) is 14.4 Å². The number of halogens is 1. The van der Waals surface area contributed by atoms with Gasteiger partial charge in [-0.1, -0.05) is 19.1 Å². The molecule has 3 aliphatic rings. The second-order valence-corrected chi connectivity index (χ2v) is 10.2. The quantitative estimate of drug-likeness (QED) is 0.630. The van der Waals surface area contributed by atoms with Crippen LogP contribution in [0.4, 0.5) is 10.3 Å². The summed E-state index contributed by atoms with van der Waals surface area (Å²) < 4.78 is 20.7. The average Bonchev–Trinajstić information content (AvgIpc) is 2.91. The van der Waals surface area contributed by atoms with Crippen molar-refractivity contribution in [2.75, 3.05) is 37.7 Å². The molecule has 1 unspecified atom stereocenters. The van der Waals surface area contributed by atoms with Crippen LogP contribution in [0, 0.1) is 17.7 Å². The van der Waals surface area contributed by atoms with Crippen LogP contribution in [-0.4, -0.2) is 64.8 Å². The highest BCUT2D eigenvalue weighted by Gasteiger charge is 2.34. The fraction of sp³-hybridized carbons (Fsp3) is 0.536. The number of aliphatic hydroxyl groups is 1. The number of anilines is 1. The Labute approximate surface area is 212 Å². The SMILES string of the molecule is CCc1cnc(N2CCC(COc3ccc(C4=CCC(C(=O)N5CC(O)C5)CC4)cc3F)CC2)nc1. The lowest BCUT2D eigenvalue weighted by molar-refractivity contribution is -0.145. The Hall–Kier alpha value is -3.00. The zero-order valence-electron chi connectivity index (χ0n) is 20.9. The predicted octanol–water partition coefficient (Wildman–Crippen LogP) is 3.86. The Bertz CT molecular complexity index is 1090. The van der Waals surface area contributed by atoms with Gasteiger partial charge >= 0.3 is 0 Å². The summed E-state index contributed by atoms with van der Waals surface area (Å²) in [7, 11) is 0. The van der Waals surface area contributed by atoms with Crippen LogP contribution < -0.4 is 9.64 Å². The zero-order chi connectivity index (χ0) is 25.1. The molecular weight excluding hydrogens is 459 g/mol. The molecule has 2 aliphatic heterocycles. The van der Waals surface area contributed by atoms with Crippen LogP contribution in [-0.2, 0) is 11.2 Å². The van der Waals surface area contributed by atoms with Gasteiger partial charge in [0.2, 0.25) is 11.9 Å². The van der Waals surface area contributed by atoms with E-state index in [1.54, 1.807) is 17.0 Å². The van der Waals surface area contributed by atoms with Crippen molar-refractivity contribution in [3.05, 3.63) is 53.6 Å². The molecule has 2 fully saturated rings. The second kappa shape index (κ2) is 10.9. The van der Waals surface area contributed by atoms with Crippen molar-refractivity contribution >= 4 is 17.4 Å². The number of aromatic nitrogens is 2. The predicted molar refractivity (Wildman–Crippen MR) is 136 cm³/mol. The molecule has 192 valence electrons. The van der Waals surface area contributed by atoms with E-state index >= 15 is 0 Å². The van der Waals surface area contributed by atoms with Crippen LogP contribution in [0.2, 0.25) is 0 Å². The number of carbonyl (C=O) groups excluding carboxylic acids is 1. The number of likely N-dealkylation sites (tertiary alicyclic amines) is 1. The van der Waals surface area contributed by atoms with Gasteiger partial charge in [0.15, 0.2) is 11.6 Å². The minimum atomic E-state index is -0.377. The molecule has 1 N–H and O–H groups in total. The molecule has 0 bridgehead atoms. The number of allylic oxidation sites excluding steroid dienone is 2. The monoisotopic (exact) mass is 494 g/mol. The third-order valence-electron chi connectivity index (χ3n) is 7.71. The topological polar surface area (TPSA) is 78.8 Å². The molecule has 8 heteroatoms. The van der Waals surface area contributed by atoms with Gasteiger partial charge in [-0.3, -0.25) is 4.79 Å². The Morgan fingerprint density at radius 1 is 1.17 bits per heavy atom. The van der Waals surface area contributed by atoms with Gasteiger partial charge in [-0.2, -0.15) is 0 Å². The summed E-state index contributed by atoms with van der Waals surface area (Å²) >= 11 is 0. The van der Waals surface area contributed by atoms with Gasteiger partial charge < -0.3 is 19.6 Å². The zero-order valence-corrected chi connectivity index (χ0v) is 20.9. The average molecular weight is 495 g/mol. The molecule has 0 spiro atoms. The highest BCUT2D eigenvalue weighted by atomic mass is 19.1. The molecule has 1 aromatic heterocycles. The lowest BCUT2D eigenvalue weighted by Crippen LogP contribution is -2.55. The van der Waals surface area contributed by atoms with Crippen molar-refractivity contribution in [2.24, 2.45) is 11.8 Å². The van der Waals surface area contributed by atoms with E-state index in [1.165, 1.54) is 0 Å². The lowest BCUT2D eigenvalue weighted by Gasteiger charge is -2.38. The Kier molecular flexibility index (Phi) is 7.51. The number of ether oxygens (including phenoxy) is 1. The van der Waals surface area contributed by atoms with Crippen LogP contribution in [0.15, 0.2) is 36.7 Å². The molecule has 2 aromatic rings. The van der Waals surface area contributed by atoms with Crippen LogP contribution in [0.25, 0.3) is 5.57 Å². The van der Waals surface area contributed by atoms with Crippen molar-refractivity contribution in [3.8, 4) is 5.75 Å². The molecular formula is C28H35FN4O3. The normalized spacial score (nSPS) is 21.2.